The van der Waals surface area contributed by atoms with Gasteiger partial charge in [-0.1, -0.05) is 24.3 Å². The lowest BCUT2D eigenvalue weighted by molar-refractivity contribution is 0.108. The first-order chi connectivity index (χ1) is 12.2. The van der Waals surface area contributed by atoms with Crippen LogP contribution in [-0.2, 0) is 13.1 Å². The maximum Gasteiger partial charge on any atom is 0.0558 e. The van der Waals surface area contributed by atoms with E-state index in [1.165, 1.54) is 43.7 Å². The summed E-state index contributed by atoms with van der Waals surface area (Å²) in [6, 6.07) is 9.23. The van der Waals surface area contributed by atoms with Gasteiger partial charge in [0, 0.05) is 58.9 Å². The van der Waals surface area contributed by atoms with Crippen LogP contribution in [0.2, 0.25) is 0 Å². The smallest absolute Gasteiger partial charge is 0.0558 e. The zero-order valence-corrected chi connectivity index (χ0v) is 15.7. The molecule has 5 heteroatoms. The third-order valence-electron chi connectivity index (χ3n) is 5.53. The predicted molar refractivity (Wildman–Crippen MR) is 103 cm³/mol. The number of benzene rings is 1. The monoisotopic (exact) mass is 346 g/mol. The quantitative estimate of drug-likeness (QED) is 0.829. The van der Waals surface area contributed by atoms with Crippen molar-refractivity contribution in [3.05, 3.63) is 35.4 Å². The molecule has 2 fully saturated rings. The molecule has 1 aromatic rings. The minimum Gasteiger partial charge on any atom is -0.395 e. The Morgan fingerprint density at radius 3 is 1.84 bits per heavy atom. The summed E-state index contributed by atoms with van der Waals surface area (Å²) in [5, 5.41) is 9.03. The van der Waals surface area contributed by atoms with Gasteiger partial charge in [-0.15, -0.1) is 0 Å². The summed E-state index contributed by atoms with van der Waals surface area (Å²) >= 11 is 0. The van der Waals surface area contributed by atoms with E-state index in [0.29, 0.717) is 0 Å². The Kier molecular flexibility index (Phi) is 7.25. The molecule has 140 valence electrons. The number of piperazine rings is 1. The number of aliphatic hydroxyl groups is 1. The molecule has 1 N–H and O–H groups in total. The van der Waals surface area contributed by atoms with Gasteiger partial charge in [-0.2, -0.15) is 0 Å². The van der Waals surface area contributed by atoms with Crippen LogP contribution in [0.4, 0.5) is 0 Å². The highest BCUT2D eigenvalue weighted by Gasteiger charge is 2.16. The van der Waals surface area contributed by atoms with E-state index in [0.717, 1.165) is 45.8 Å². The van der Waals surface area contributed by atoms with Gasteiger partial charge < -0.3 is 10.0 Å². The average molecular weight is 347 g/mol. The molecule has 0 amide bonds. The van der Waals surface area contributed by atoms with Crippen molar-refractivity contribution in [1.82, 2.24) is 19.6 Å². The zero-order chi connectivity index (χ0) is 17.5. The first-order valence-corrected chi connectivity index (χ1v) is 9.77. The van der Waals surface area contributed by atoms with Crippen molar-refractivity contribution in [1.29, 1.82) is 0 Å². The first kappa shape index (κ1) is 18.8. The van der Waals surface area contributed by atoms with Crippen LogP contribution < -0.4 is 0 Å². The highest BCUT2D eigenvalue weighted by Crippen LogP contribution is 2.13. The number of rotatable bonds is 6. The van der Waals surface area contributed by atoms with Gasteiger partial charge in [0.15, 0.2) is 0 Å². The standard InChI is InChI=1S/C20H34N4O/c1-21-7-2-8-23(10-9-21)17-19-3-5-20(6-4-19)18-24-13-11-22(12-14-24)15-16-25/h3-6,25H,2,7-18H2,1H3. The Morgan fingerprint density at radius 1 is 0.720 bits per heavy atom. The summed E-state index contributed by atoms with van der Waals surface area (Å²) in [5.74, 6) is 0. The molecule has 0 aromatic heterocycles. The van der Waals surface area contributed by atoms with Gasteiger partial charge in [0.2, 0.25) is 0 Å². The minimum atomic E-state index is 0.273. The van der Waals surface area contributed by atoms with Crippen LogP contribution in [-0.4, -0.2) is 97.3 Å². The molecule has 0 aliphatic carbocycles. The second kappa shape index (κ2) is 9.64. The van der Waals surface area contributed by atoms with Gasteiger partial charge in [-0.3, -0.25) is 14.7 Å². The number of hydrogen-bond donors (Lipinski definition) is 1. The summed E-state index contributed by atoms with van der Waals surface area (Å²) in [4.78, 5) is 9.88. The van der Waals surface area contributed by atoms with Gasteiger partial charge in [0.25, 0.3) is 0 Å². The van der Waals surface area contributed by atoms with Gasteiger partial charge in [0.05, 0.1) is 6.61 Å². The number of likely N-dealkylation sites (N-methyl/N-ethyl adjacent to an activating group) is 1. The number of nitrogens with zero attached hydrogens (tertiary/aromatic N) is 4. The largest absolute Gasteiger partial charge is 0.395 e. The van der Waals surface area contributed by atoms with Gasteiger partial charge in [-0.05, 0) is 37.7 Å². The van der Waals surface area contributed by atoms with Crippen molar-refractivity contribution in [3.63, 3.8) is 0 Å². The van der Waals surface area contributed by atoms with Crippen molar-refractivity contribution in [2.24, 2.45) is 0 Å². The highest BCUT2D eigenvalue weighted by molar-refractivity contribution is 5.22. The normalized spacial score (nSPS) is 22.2. The van der Waals surface area contributed by atoms with Crippen molar-refractivity contribution in [3.8, 4) is 0 Å². The lowest BCUT2D eigenvalue weighted by Crippen LogP contribution is -2.46. The lowest BCUT2D eigenvalue weighted by atomic mass is 10.1. The third kappa shape index (κ3) is 6.04. The van der Waals surface area contributed by atoms with Crippen LogP contribution >= 0.6 is 0 Å². The maximum absolute atomic E-state index is 9.03. The molecule has 1 aromatic carbocycles. The first-order valence-electron chi connectivity index (χ1n) is 9.77. The summed E-state index contributed by atoms with van der Waals surface area (Å²) in [7, 11) is 2.22. The molecule has 2 saturated heterocycles. The van der Waals surface area contributed by atoms with E-state index in [4.69, 9.17) is 5.11 Å². The molecule has 0 radical (unpaired) electrons. The van der Waals surface area contributed by atoms with E-state index in [9.17, 15) is 0 Å². The fraction of sp³-hybridized carbons (Fsp3) is 0.700. The van der Waals surface area contributed by atoms with Crippen molar-refractivity contribution < 1.29 is 5.11 Å². The van der Waals surface area contributed by atoms with E-state index in [1.54, 1.807) is 0 Å². The summed E-state index contributed by atoms with van der Waals surface area (Å²) < 4.78 is 0. The average Bonchev–Trinajstić information content (AvgIpc) is 2.83. The van der Waals surface area contributed by atoms with E-state index in [1.807, 2.05) is 0 Å². The summed E-state index contributed by atoms with van der Waals surface area (Å²) in [5.41, 5.74) is 2.84. The summed E-state index contributed by atoms with van der Waals surface area (Å²) in [6.45, 7) is 12.3. The second-order valence-electron chi connectivity index (χ2n) is 7.59. The van der Waals surface area contributed by atoms with Crippen molar-refractivity contribution >= 4 is 0 Å². The van der Waals surface area contributed by atoms with Crippen LogP contribution in [0.3, 0.4) is 0 Å². The molecule has 3 rings (SSSR count). The van der Waals surface area contributed by atoms with Crippen molar-refractivity contribution in [2.45, 2.75) is 19.5 Å². The summed E-state index contributed by atoms with van der Waals surface area (Å²) in [6.07, 6.45) is 1.27. The van der Waals surface area contributed by atoms with E-state index in [2.05, 4.69) is 50.9 Å². The van der Waals surface area contributed by atoms with Gasteiger partial charge in [-0.25, -0.2) is 0 Å². The molecule has 0 atom stereocenters. The molecule has 2 aliphatic heterocycles. The zero-order valence-electron chi connectivity index (χ0n) is 15.7. The Labute approximate surface area is 152 Å². The van der Waals surface area contributed by atoms with E-state index in [-0.39, 0.29) is 6.61 Å². The molecule has 2 heterocycles. The van der Waals surface area contributed by atoms with Crippen LogP contribution in [0.25, 0.3) is 0 Å². The maximum atomic E-state index is 9.03. The Hall–Kier alpha value is -0.980. The molecule has 2 aliphatic rings. The van der Waals surface area contributed by atoms with Crippen molar-refractivity contribution in [2.75, 3.05) is 72.6 Å². The van der Waals surface area contributed by atoms with Crippen LogP contribution in [0.1, 0.15) is 17.5 Å². The van der Waals surface area contributed by atoms with Crippen LogP contribution in [0.5, 0.6) is 0 Å². The van der Waals surface area contributed by atoms with Crippen LogP contribution in [0.15, 0.2) is 24.3 Å². The number of hydrogen-bond acceptors (Lipinski definition) is 5. The van der Waals surface area contributed by atoms with E-state index >= 15 is 0 Å². The van der Waals surface area contributed by atoms with Gasteiger partial charge >= 0.3 is 0 Å². The van der Waals surface area contributed by atoms with Crippen LogP contribution in [0, 0.1) is 0 Å². The molecular weight excluding hydrogens is 312 g/mol. The fourth-order valence-electron chi connectivity index (χ4n) is 3.84. The predicted octanol–water partition coefficient (Wildman–Crippen LogP) is 0.934. The molecule has 0 bridgehead atoms. The topological polar surface area (TPSA) is 33.2 Å². The molecular formula is C20H34N4O. The molecule has 0 unspecified atom stereocenters. The highest BCUT2D eigenvalue weighted by atomic mass is 16.3. The minimum absolute atomic E-state index is 0.273. The fourth-order valence-corrected chi connectivity index (χ4v) is 3.84. The molecule has 5 nitrogen and oxygen atoms in total. The Morgan fingerprint density at radius 2 is 1.24 bits per heavy atom. The Bertz CT molecular complexity index is 499. The SMILES string of the molecule is CN1CCCN(Cc2ccc(CN3CCN(CCO)CC3)cc2)CC1. The second-order valence-corrected chi connectivity index (χ2v) is 7.59. The Balaban J connectivity index is 1.44. The third-order valence-corrected chi connectivity index (χ3v) is 5.53. The number of aliphatic hydroxyl groups excluding tert-OH is 1. The number of β-amino-alcohol motifs (C(OH)–C–C–N with tert-alkyl or cyclic N) is 1. The molecule has 25 heavy (non-hydrogen) atoms. The molecule has 0 spiro atoms. The lowest BCUT2D eigenvalue weighted by Gasteiger charge is -2.34. The molecule has 0 saturated carbocycles. The van der Waals surface area contributed by atoms with E-state index < -0.39 is 0 Å². The van der Waals surface area contributed by atoms with Gasteiger partial charge in [0.1, 0.15) is 0 Å².